The van der Waals surface area contributed by atoms with Gasteiger partial charge in [0.05, 0.1) is 6.33 Å². The molecule has 16 heavy (non-hydrogen) atoms. The lowest BCUT2D eigenvalue weighted by Gasteiger charge is -2.23. The van der Waals surface area contributed by atoms with Crippen LogP contribution in [-0.4, -0.2) is 22.6 Å². The molecule has 1 aliphatic rings. The molecule has 1 N–H and O–H groups in total. The molecule has 0 spiro atoms. The largest absolute Gasteiger partial charge is 0.330 e. The Morgan fingerprint density at radius 2 is 2.50 bits per heavy atom. The summed E-state index contributed by atoms with van der Waals surface area (Å²) in [4.78, 5) is 4.28. The molecule has 0 amide bonds. The van der Waals surface area contributed by atoms with Crippen LogP contribution in [0.4, 0.5) is 0 Å². The van der Waals surface area contributed by atoms with E-state index in [4.69, 9.17) is 0 Å². The quantitative estimate of drug-likeness (QED) is 0.791. The van der Waals surface area contributed by atoms with Crippen LogP contribution < -0.4 is 5.32 Å². The van der Waals surface area contributed by atoms with Gasteiger partial charge in [0.1, 0.15) is 0 Å². The van der Waals surface area contributed by atoms with Gasteiger partial charge in [-0.15, -0.1) is 0 Å². The van der Waals surface area contributed by atoms with E-state index in [2.05, 4.69) is 34.8 Å². The van der Waals surface area contributed by atoms with Crippen LogP contribution in [0.3, 0.4) is 0 Å². The van der Waals surface area contributed by atoms with Crippen LogP contribution in [0.1, 0.15) is 38.3 Å². The summed E-state index contributed by atoms with van der Waals surface area (Å²) in [6.45, 7) is 7.49. The van der Waals surface area contributed by atoms with Gasteiger partial charge in [0, 0.05) is 30.9 Å². The maximum atomic E-state index is 4.28. The minimum Gasteiger partial charge on any atom is -0.330 e. The highest BCUT2D eigenvalue weighted by Crippen LogP contribution is 2.22. The predicted octanol–water partition coefficient (Wildman–Crippen LogP) is 2.32. The molecule has 2 heterocycles. The van der Waals surface area contributed by atoms with E-state index in [1.165, 1.54) is 30.7 Å². The molecule has 0 bridgehead atoms. The third-order valence-corrected chi connectivity index (χ3v) is 3.16. The second kappa shape index (κ2) is 5.30. The third-order valence-electron chi connectivity index (χ3n) is 3.16. The van der Waals surface area contributed by atoms with Crippen molar-refractivity contribution in [1.82, 2.24) is 14.9 Å². The molecule has 2 rings (SSSR count). The fourth-order valence-corrected chi connectivity index (χ4v) is 2.21. The summed E-state index contributed by atoms with van der Waals surface area (Å²) in [5.74, 6) is 0.641. The zero-order chi connectivity index (χ0) is 11.4. The molecule has 1 unspecified atom stereocenters. The molecule has 0 aromatic carbocycles. The standard InChI is InChI=1S/C13H21N3/c1-11(2)5-7-16-10-15-9-13(16)12-4-3-6-14-8-12/h5,9-10,12,14H,3-4,6-8H2,1-2H3. The number of imidazole rings is 1. The van der Waals surface area contributed by atoms with E-state index in [1.54, 1.807) is 0 Å². The topological polar surface area (TPSA) is 29.9 Å². The highest BCUT2D eigenvalue weighted by molar-refractivity contribution is 5.09. The summed E-state index contributed by atoms with van der Waals surface area (Å²) in [5.41, 5.74) is 2.74. The van der Waals surface area contributed by atoms with Gasteiger partial charge in [0.2, 0.25) is 0 Å². The molecule has 1 fully saturated rings. The number of hydrogen-bond acceptors (Lipinski definition) is 2. The molecule has 0 saturated carbocycles. The van der Waals surface area contributed by atoms with Crippen LogP contribution in [0.5, 0.6) is 0 Å². The SMILES string of the molecule is CC(C)=CCn1cncc1C1CCCNC1. The van der Waals surface area contributed by atoms with Gasteiger partial charge in [-0.1, -0.05) is 11.6 Å². The Morgan fingerprint density at radius 3 is 3.19 bits per heavy atom. The summed E-state index contributed by atoms with van der Waals surface area (Å²) in [5, 5.41) is 3.46. The molecule has 0 radical (unpaired) electrons. The van der Waals surface area contributed by atoms with Crippen molar-refractivity contribution in [2.45, 2.75) is 39.2 Å². The van der Waals surface area contributed by atoms with Crippen molar-refractivity contribution in [2.24, 2.45) is 0 Å². The number of piperidine rings is 1. The van der Waals surface area contributed by atoms with E-state index in [0.29, 0.717) is 5.92 Å². The van der Waals surface area contributed by atoms with Gasteiger partial charge >= 0.3 is 0 Å². The average Bonchev–Trinajstić information content (AvgIpc) is 2.75. The second-order valence-corrected chi connectivity index (χ2v) is 4.80. The van der Waals surface area contributed by atoms with Crippen LogP contribution in [0.25, 0.3) is 0 Å². The zero-order valence-electron chi connectivity index (χ0n) is 10.2. The molecule has 88 valence electrons. The summed E-state index contributed by atoms with van der Waals surface area (Å²) in [7, 11) is 0. The van der Waals surface area contributed by atoms with Crippen molar-refractivity contribution >= 4 is 0 Å². The maximum absolute atomic E-state index is 4.28. The average molecular weight is 219 g/mol. The van der Waals surface area contributed by atoms with Crippen molar-refractivity contribution in [2.75, 3.05) is 13.1 Å². The number of allylic oxidation sites excluding steroid dienone is 2. The first-order valence-electron chi connectivity index (χ1n) is 6.11. The monoisotopic (exact) mass is 219 g/mol. The lowest BCUT2D eigenvalue weighted by molar-refractivity contribution is 0.444. The molecule has 1 saturated heterocycles. The van der Waals surface area contributed by atoms with Gasteiger partial charge in [0.25, 0.3) is 0 Å². The second-order valence-electron chi connectivity index (χ2n) is 4.80. The van der Waals surface area contributed by atoms with Crippen molar-refractivity contribution < 1.29 is 0 Å². The molecule has 1 aromatic heterocycles. The summed E-state index contributed by atoms with van der Waals surface area (Å²) >= 11 is 0. The summed E-state index contributed by atoms with van der Waals surface area (Å²) in [6.07, 6.45) is 8.79. The molecule has 0 aliphatic carbocycles. The van der Waals surface area contributed by atoms with Gasteiger partial charge in [-0.3, -0.25) is 0 Å². The van der Waals surface area contributed by atoms with Gasteiger partial charge in [-0.25, -0.2) is 4.98 Å². The van der Waals surface area contributed by atoms with E-state index in [9.17, 15) is 0 Å². The van der Waals surface area contributed by atoms with Gasteiger partial charge in [0.15, 0.2) is 0 Å². The van der Waals surface area contributed by atoms with E-state index < -0.39 is 0 Å². The van der Waals surface area contributed by atoms with E-state index in [1.807, 2.05) is 12.5 Å². The fourth-order valence-electron chi connectivity index (χ4n) is 2.21. The molecular formula is C13H21N3. The molecule has 1 aromatic rings. The minimum absolute atomic E-state index is 0.641. The minimum atomic E-state index is 0.641. The molecular weight excluding hydrogens is 198 g/mol. The van der Waals surface area contributed by atoms with E-state index >= 15 is 0 Å². The third kappa shape index (κ3) is 2.73. The molecule has 3 heteroatoms. The first-order valence-corrected chi connectivity index (χ1v) is 6.11. The van der Waals surface area contributed by atoms with Crippen molar-refractivity contribution in [3.8, 4) is 0 Å². The first-order chi connectivity index (χ1) is 7.77. The van der Waals surface area contributed by atoms with Crippen LogP contribution in [-0.2, 0) is 6.54 Å². The maximum Gasteiger partial charge on any atom is 0.0951 e. The Bertz CT molecular complexity index is 355. The Kier molecular flexibility index (Phi) is 3.78. The Hall–Kier alpha value is -1.09. The number of aromatic nitrogens is 2. The molecule has 1 aliphatic heterocycles. The van der Waals surface area contributed by atoms with Crippen LogP contribution in [0.15, 0.2) is 24.2 Å². The van der Waals surface area contributed by atoms with Crippen molar-refractivity contribution in [3.63, 3.8) is 0 Å². The molecule has 3 nitrogen and oxygen atoms in total. The number of nitrogens with zero attached hydrogens (tertiary/aromatic N) is 2. The van der Waals surface area contributed by atoms with E-state index in [0.717, 1.165) is 13.1 Å². The lowest BCUT2D eigenvalue weighted by Crippen LogP contribution is -2.29. The highest BCUT2D eigenvalue weighted by atomic mass is 15.1. The van der Waals surface area contributed by atoms with Crippen LogP contribution >= 0.6 is 0 Å². The van der Waals surface area contributed by atoms with Crippen molar-refractivity contribution in [3.05, 3.63) is 29.9 Å². The van der Waals surface area contributed by atoms with Gasteiger partial charge < -0.3 is 9.88 Å². The fraction of sp³-hybridized carbons (Fsp3) is 0.615. The Balaban J connectivity index is 2.08. The molecule has 1 atom stereocenters. The normalized spacial score (nSPS) is 20.8. The number of nitrogens with one attached hydrogen (secondary N) is 1. The van der Waals surface area contributed by atoms with Crippen LogP contribution in [0.2, 0.25) is 0 Å². The van der Waals surface area contributed by atoms with Gasteiger partial charge in [-0.2, -0.15) is 0 Å². The summed E-state index contributed by atoms with van der Waals surface area (Å²) in [6, 6.07) is 0. The number of rotatable bonds is 3. The zero-order valence-corrected chi connectivity index (χ0v) is 10.2. The lowest BCUT2D eigenvalue weighted by atomic mass is 9.96. The van der Waals surface area contributed by atoms with Crippen LogP contribution in [0, 0.1) is 0 Å². The van der Waals surface area contributed by atoms with E-state index in [-0.39, 0.29) is 0 Å². The predicted molar refractivity (Wildman–Crippen MR) is 66.5 cm³/mol. The Morgan fingerprint density at radius 1 is 1.62 bits per heavy atom. The first kappa shape index (κ1) is 11.4. The highest BCUT2D eigenvalue weighted by Gasteiger charge is 2.18. The summed E-state index contributed by atoms with van der Waals surface area (Å²) < 4.78 is 2.27. The Labute approximate surface area is 97.6 Å². The smallest absolute Gasteiger partial charge is 0.0951 e. The number of hydrogen-bond donors (Lipinski definition) is 1. The van der Waals surface area contributed by atoms with Crippen molar-refractivity contribution in [1.29, 1.82) is 0 Å². The van der Waals surface area contributed by atoms with Gasteiger partial charge in [-0.05, 0) is 33.2 Å².